The maximum atomic E-state index is 12.5. The molecule has 148 valence electrons. The van der Waals surface area contributed by atoms with Gasteiger partial charge in [0.1, 0.15) is 11.0 Å². The van der Waals surface area contributed by atoms with Crippen LogP contribution in [-0.2, 0) is 5.75 Å². The van der Waals surface area contributed by atoms with Crippen molar-refractivity contribution in [1.82, 2.24) is 25.1 Å². The summed E-state index contributed by atoms with van der Waals surface area (Å²) in [5.74, 6) is 1.41. The number of benzene rings is 2. The van der Waals surface area contributed by atoms with Gasteiger partial charge in [0.2, 0.25) is 11.7 Å². The third kappa shape index (κ3) is 3.53. The van der Waals surface area contributed by atoms with Gasteiger partial charge in [0.15, 0.2) is 5.16 Å². The lowest BCUT2D eigenvalue weighted by atomic mass is 10.1. The van der Waals surface area contributed by atoms with Crippen LogP contribution in [0.5, 0.6) is 0 Å². The van der Waals surface area contributed by atoms with Crippen LogP contribution in [0.25, 0.3) is 33.5 Å². The number of aryl methyl sites for hydroxylation is 1. The normalized spacial score (nSPS) is 11.2. The number of aromatic amines is 2. The first kappa shape index (κ1) is 18.4. The number of H-pyrrole nitrogens is 2. The largest absolute Gasteiger partial charge is 0.355 e. The molecular formula is C22H17N5O2S. The number of aromatic nitrogens is 5. The third-order valence-electron chi connectivity index (χ3n) is 4.71. The van der Waals surface area contributed by atoms with Gasteiger partial charge in [-0.2, -0.15) is 4.98 Å². The van der Waals surface area contributed by atoms with E-state index in [1.807, 2.05) is 67.7 Å². The highest BCUT2D eigenvalue weighted by atomic mass is 32.2. The van der Waals surface area contributed by atoms with Crippen molar-refractivity contribution in [2.75, 3.05) is 0 Å². The van der Waals surface area contributed by atoms with Crippen LogP contribution in [0, 0.1) is 6.92 Å². The van der Waals surface area contributed by atoms with Crippen molar-refractivity contribution in [1.29, 1.82) is 0 Å². The molecule has 0 bridgehead atoms. The highest BCUT2D eigenvalue weighted by Crippen LogP contribution is 2.27. The topological polar surface area (TPSA) is 100 Å². The molecule has 3 aromatic heterocycles. The summed E-state index contributed by atoms with van der Waals surface area (Å²) < 4.78 is 5.36. The summed E-state index contributed by atoms with van der Waals surface area (Å²) in [5, 5.41) is 4.54. The number of hydrogen-bond donors (Lipinski definition) is 2. The van der Waals surface area contributed by atoms with Gasteiger partial charge in [-0.3, -0.25) is 9.78 Å². The lowest BCUT2D eigenvalue weighted by Crippen LogP contribution is -2.09. The van der Waals surface area contributed by atoms with Gasteiger partial charge < -0.3 is 9.51 Å². The van der Waals surface area contributed by atoms with Gasteiger partial charge in [0.05, 0.1) is 5.75 Å². The lowest BCUT2D eigenvalue weighted by molar-refractivity contribution is 0.391. The van der Waals surface area contributed by atoms with Crippen molar-refractivity contribution in [3.63, 3.8) is 0 Å². The van der Waals surface area contributed by atoms with Gasteiger partial charge in [0, 0.05) is 17.3 Å². The van der Waals surface area contributed by atoms with Crippen molar-refractivity contribution < 1.29 is 4.52 Å². The molecule has 0 aliphatic rings. The van der Waals surface area contributed by atoms with E-state index in [9.17, 15) is 4.79 Å². The number of fused-ring (bicyclic) bond motifs is 1. The maximum absolute atomic E-state index is 12.5. The van der Waals surface area contributed by atoms with E-state index < -0.39 is 0 Å². The molecular weight excluding hydrogens is 398 g/mol. The molecule has 8 heteroatoms. The quantitative estimate of drug-likeness (QED) is 0.322. The average Bonchev–Trinajstić information content (AvgIpc) is 3.41. The number of hydrogen-bond acceptors (Lipinski definition) is 6. The van der Waals surface area contributed by atoms with E-state index in [0.717, 1.165) is 16.7 Å². The molecule has 3 heterocycles. The van der Waals surface area contributed by atoms with Crippen LogP contribution in [0.4, 0.5) is 0 Å². The van der Waals surface area contributed by atoms with Crippen LogP contribution in [-0.4, -0.2) is 25.1 Å². The van der Waals surface area contributed by atoms with Crippen LogP contribution in [0.2, 0.25) is 0 Å². The summed E-state index contributed by atoms with van der Waals surface area (Å²) >= 11 is 1.34. The number of nitrogens with zero attached hydrogens (tertiary/aromatic N) is 3. The Labute approximate surface area is 175 Å². The first-order valence-corrected chi connectivity index (χ1v) is 10.4. The smallest absolute Gasteiger partial charge is 0.275 e. The number of nitrogens with one attached hydrogen (secondary N) is 2. The van der Waals surface area contributed by atoms with Crippen LogP contribution >= 0.6 is 11.8 Å². The fourth-order valence-corrected chi connectivity index (χ4v) is 3.86. The Balaban J connectivity index is 1.40. The number of rotatable bonds is 5. The molecule has 0 aliphatic heterocycles. The van der Waals surface area contributed by atoms with Crippen LogP contribution in [0.15, 0.2) is 75.3 Å². The maximum Gasteiger partial charge on any atom is 0.275 e. The minimum absolute atomic E-state index is 0.212. The zero-order valence-electron chi connectivity index (χ0n) is 16.0. The van der Waals surface area contributed by atoms with E-state index in [1.165, 1.54) is 17.3 Å². The molecule has 30 heavy (non-hydrogen) atoms. The minimum atomic E-state index is -0.212. The fraction of sp³-hybridized carbons (Fsp3) is 0.0909. The van der Waals surface area contributed by atoms with Gasteiger partial charge in [-0.25, -0.2) is 4.98 Å². The Hall–Kier alpha value is -3.65. The summed E-state index contributed by atoms with van der Waals surface area (Å²) in [6.07, 6.45) is 1.81. The molecule has 0 saturated carbocycles. The summed E-state index contributed by atoms with van der Waals surface area (Å²) in [6.45, 7) is 2.03. The second-order valence-corrected chi connectivity index (χ2v) is 7.79. The first-order valence-electron chi connectivity index (χ1n) is 9.36. The Morgan fingerprint density at radius 3 is 2.60 bits per heavy atom. The molecule has 7 nitrogen and oxygen atoms in total. The van der Waals surface area contributed by atoms with Gasteiger partial charge >= 0.3 is 0 Å². The van der Waals surface area contributed by atoms with Crippen molar-refractivity contribution >= 4 is 22.8 Å². The molecule has 2 N–H and O–H groups in total. The Morgan fingerprint density at radius 1 is 1.00 bits per heavy atom. The van der Waals surface area contributed by atoms with E-state index >= 15 is 0 Å². The van der Waals surface area contributed by atoms with Gasteiger partial charge in [-0.1, -0.05) is 77.1 Å². The van der Waals surface area contributed by atoms with Gasteiger partial charge in [0.25, 0.3) is 5.56 Å². The molecule has 0 unspecified atom stereocenters. The fourth-order valence-electron chi connectivity index (χ4n) is 3.16. The van der Waals surface area contributed by atoms with Crippen LogP contribution < -0.4 is 5.56 Å². The molecule has 0 spiro atoms. The van der Waals surface area contributed by atoms with E-state index in [-0.39, 0.29) is 5.56 Å². The second kappa shape index (κ2) is 7.64. The third-order valence-corrected chi connectivity index (χ3v) is 5.57. The van der Waals surface area contributed by atoms with E-state index in [1.54, 1.807) is 0 Å². The molecule has 5 aromatic rings. The zero-order valence-corrected chi connectivity index (χ0v) is 16.9. The monoisotopic (exact) mass is 415 g/mol. The van der Waals surface area contributed by atoms with Crippen LogP contribution in [0.3, 0.4) is 0 Å². The standard InChI is InChI=1S/C22H17N5O2S/c1-13-7-9-15(10-8-13)20-24-17(29-27-20)12-30-22-25-18-16(14-5-3-2-4-6-14)11-23-19(18)21(28)26-22/h2-11,23H,12H2,1H3,(H,25,26,28). The first-order chi connectivity index (χ1) is 14.7. The molecule has 2 aromatic carbocycles. The Morgan fingerprint density at radius 2 is 1.80 bits per heavy atom. The van der Waals surface area contributed by atoms with Gasteiger partial charge in [-0.05, 0) is 12.5 Å². The van der Waals surface area contributed by atoms with E-state index in [4.69, 9.17) is 4.52 Å². The summed E-state index contributed by atoms with van der Waals surface area (Å²) in [6, 6.07) is 17.8. The predicted octanol–water partition coefficient (Wildman–Crippen LogP) is 4.57. The van der Waals surface area contributed by atoms with Crippen molar-refractivity contribution in [2.24, 2.45) is 0 Å². The summed E-state index contributed by atoms with van der Waals surface area (Å²) in [7, 11) is 0. The SMILES string of the molecule is Cc1ccc(-c2noc(CSc3nc4c(-c5ccccc5)c[nH]c4c(=O)[nH]3)n2)cc1. The number of thioether (sulfide) groups is 1. The van der Waals surface area contributed by atoms with E-state index in [0.29, 0.717) is 33.7 Å². The molecule has 0 aliphatic carbocycles. The average molecular weight is 415 g/mol. The van der Waals surface area contributed by atoms with Crippen molar-refractivity contribution in [3.8, 4) is 22.5 Å². The van der Waals surface area contributed by atoms with E-state index in [2.05, 4.69) is 25.1 Å². The molecule has 0 atom stereocenters. The lowest BCUT2D eigenvalue weighted by Gasteiger charge is -2.01. The van der Waals surface area contributed by atoms with Crippen molar-refractivity contribution in [3.05, 3.63) is 82.6 Å². The zero-order chi connectivity index (χ0) is 20.5. The Bertz CT molecular complexity index is 1370. The summed E-state index contributed by atoms with van der Waals surface area (Å²) in [5.41, 5.74) is 4.83. The second-order valence-electron chi connectivity index (χ2n) is 6.83. The highest BCUT2D eigenvalue weighted by molar-refractivity contribution is 7.98. The highest BCUT2D eigenvalue weighted by Gasteiger charge is 2.14. The molecule has 0 fully saturated rings. The minimum Gasteiger partial charge on any atom is -0.355 e. The predicted molar refractivity (Wildman–Crippen MR) is 116 cm³/mol. The van der Waals surface area contributed by atoms with Gasteiger partial charge in [-0.15, -0.1) is 0 Å². The van der Waals surface area contributed by atoms with Crippen LogP contribution in [0.1, 0.15) is 11.5 Å². The van der Waals surface area contributed by atoms with Crippen molar-refractivity contribution in [2.45, 2.75) is 17.8 Å². The summed E-state index contributed by atoms with van der Waals surface area (Å²) in [4.78, 5) is 27.4. The molecule has 0 radical (unpaired) electrons. The molecule has 0 saturated heterocycles. The Kier molecular flexibility index (Phi) is 4.68. The molecule has 0 amide bonds. The molecule has 5 rings (SSSR count).